The van der Waals surface area contributed by atoms with Crippen molar-refractivity contribution >= 4 is 37.3 Å². The molecule has 1 aromatic heterocycles. The van der Waals surface area contributed by atoms with E-state index in [4.69, 9.17) is 5.11 Å². The van der Waals surface area contributed by atoms with E-state index in [0.29, 0.717) is 8.66 Å². The third-order valence-corrected chi connectivity index (χ3v) is 5.14. The summed E-state index contributed by atoms with van der Waals surface area (Å²) in [5, 5.41) is 8.83. The maximum Gasteiger partial charge on any atom is 0.265 e. The van der Waals surface area contributed by atoms with Crippen molar-refractivity contribution in [3.8, 4) is 0 Å². The van der Waals surface area contributed by atoms with Gasteiger partial charge in [0.25, 0.3) is 6.43 Å². The number of thiophene rings is 1. The van der Waals surface area contributed by atoms with Crippen molar-refractivity contribution < 1.29 is 22.3 Å². The van der Waals surface area contributed by atoms with Crippen LogP contribution in [-0.2, 0) is 10.0 Å². The number of alkyl halides is 2. The van der Waals surface area contributed by atoms with Crippen LogP contribution in [-0.4, -0.2) is 32.6 Å². The highest BCUT2D eigenvalue weighted by molar-refractivity contribution is 9.11. The predicted molar refractivity (Wildman–Crippen MR) is 64.0 cm³/mol. The molecule has 1 unspecified atom stereocenters. The molecular formula is C8H10BrF2NO3S2. The van der Waals surface area contributed by atoms with E-state index in [2.05, 4.69) is 15.9 Å². The predicted octanol–water partition coefficient (Wildman–Crippen LogP) is 1.72. The third-order valence-electron chi connectivity index (χ3n) is 1.91. The molecule has 0 radical (unpaired) electrons. The van der Waals surface area contributed by atoms with Gasteiger partial charge in [-0.1, -0.05) is 0 Å². The van der Waals surface area contributed by atoms with E-state index >= 15 is 0 Å². The Hall–Kier alpha value is -0.0900. The van der Waals surface area contributed by atoms with Gasteiger partial charge in [0.05, 0.1) is 8.68 Å². The van der Waals surface area contributed by atoms with Crippen LogP contribution in [0.25, 0.3) is 0 Å². The van der Waals surface area contributed by atoms with Crippen LogP contribution in [0.15, 0.2) is 14.7 Å². The first-order valence-corrected chi connectivity index (χ1v) is 7.55. The van der Waals surface area contributed by atoms with Crippen LogP contribution >= 0.6 is 27.3 Å². The highest BCUT2D eigenvalue weighted by atomic mass is 79.9. The molecule has 0 aromatic carbocycles. The lowest BCUT2D eigenvalue weighted by molar-refractivity contribution is -0.000451. The Bertz CT molecular complexity index is 489. The lowest BCUT2D eigenvalue weighted by atomic mass is 10.4. The summed E-state index contributed by atoms with van der Waals surface area (Å²) < 4.78 is 50.0. The monoisotopic (exact) mass is 349 g/mol. The molecule has 98 valence electrons. The molecule has 2 N–H and O–H groups in total. The van der Waals surface area contributed by atoms with Gasteiger partial charge < -0.3 is 5.11 Å². The minimum absolute atomic E-state index is 0.0239. The van der Waals surface area contributed by atoms with Crippen molar-refractivity contribution in [3.63, 3.8) is 0 Å². The Balaban J connectivity index is 2.80. The van der Waals surface area contributed by atoms with Crippen LogP contribution in [0.2, 0.25) is 0 Å². The number of halogens is 3. The Morgan fingerprint density at radius 1 is 1.59 bits per heavy atom. The molecule has 0 aliphatic rings. The summed E-state index contributed by atoms with van der Waals surface area (Å²) in [7, 11) is -3.86. The number of aliphatic hydroxyl groups is 1. The van der Waals surface area contributed by atoms with Gasteiger partial charge in [-0.25, -0.2) is 21.9 Å². The second kappa shape index (κ2) is 5.70. The van der Waals surface area contributed by atoms with E-state index in [0.717, 1.165) is 0 Å². The maximum atomic E-state index is 12.0. The zero-order chi connectivity index (χ0) is 13.2. The Labute approximate surface area is 110 Å². The van der Waals surface area contributed by atoms with Crippen molar-refractivity contribution in [2.24, 2.45) is 0 Å². The number of sulfonamides is 1. The highest BCUT2D eigenvalue weighted by Crippen LogP contribution is 2.29. The molecule has 0 aliphatic carbocycles. The average molecular weight is 350 g/mol. The van der Waals surface area contributed by atoms with E-state index in [9.17, 15) is 17.2 Å². The summed E-state index contributed by atoms with van der Waals surface area (Å²) in [6, 6.07) is 1.39. The van der Waals surface area contributed by atoms with Gasteiger partial charge in [0.15, 0.2) is 0 Å². The number of aryl methyl sites for hydroxylation is 1. The van der Waals surface area contributed by atoms with Crippen LogP contribution < -0.4 is 4.72 Å². The van der Waals surface area contributed by atoms with Crippen LogP contribution in [0.4, 0.5) is 8.78 Å². The largest absolute Gasteiger partial charge is 0.386 e. The Morgan fingerprint density at radius 3 is 2.59 bits per heavy atom. The lowest BCUT2D eigenvalue weighted by Crippen LogP contribution is -2.35. The fraction of sp³-hybridized carbons (Fsp3) is 0.500. The molecule has 0 bridgehead atoms. The van der Waals surface area contributed by atoms with Gasteiger partial charge in [-0.15, -0.1) is 11.3 Å². The van der Waals surface area contributed by atoms with Gasteiger partial charge >= 0.3 is 0 Å². The van der Waals surface area contributed by atoms with E-state index < -0.39 is 29.1 Å². The van der Waals surface area contributed by atoms with Crippen molar-refractivity contribution in [2.45, 2.75) is 24.3 Å². The first-order chi connectivity index (χ1) is 7.74. The topological polar surface area (TPSA) is 66.4 Å². The third kappa shape index (κ3) is 3.95. The quantitative estimate of drug-likeness (QED) is 0.850. The van der Waals surface area contributed by atoms with Crippen LogP contribution in [0.5, 0.6) is 0 Å². The maximum absolute atomic E-state index is 12.0. The summed E-state index contributed by atoms with van der Waals surface area (Å²) in [6.45, 7) is 0.889. The molecule has 0 fully saturated rings. The summed E-state index contributed by atoms with van der Waals surface area (Å²) in [5.74, 6) is 0. The molecule has 0 amide bonds. The SMILES string of the molecule is Cc1sc(Br)cc1S(=O)(=O)NCC(O)C(F)F. The Kier molecular flexibility index (Phi) is 5.02. The van der Waals surface area contributed by atoms with Crippen molar-refractivity contribution in [1.29, 1.82) is 0 Å². The number of rotatable bonds is 5. The van der Waals surface area contributed by atoms with Gasteiger partial charge in [0.1, 0.15) is 6.10 Å². The lowest BCUT2D eigenvalue weighted by Gasteiger charge is -2.10. The van der Waals surface area contributed by atoms with Crippen LogP contribution in [0.1, 0.15) is 4.88 Å². The number of hydrogen-bond donors (Lipinski definition) is 2. The zero-order valence-corrected chi connectivity index (χ0v) is 11.9. The molecule has 1 heterocycles. The molecule has 0 spiro atoms. The van der Waals surface area contributed by atoms with Gasteiger partial charge in [0.2, 0.25) is 10.0 Å². The van der Waals surface area contributed by atoms with Gasteiger partial charge in [-0.2, -0.15) is 0 Å². The molecule has 0 saturated heterocycles. The minimum Gasteiger partial charge on any atom is -0.386 e. The molecule has 9 heteroatoms. The van der Waals surface area contributed by atoms with Crippen molar-refractivity contribution in [3.05, 3.63) is 14.7 Å². The molecule has 1 rings (SSSR count). The fourth-order valence-corrected chi connectivity index (χ4v) is 4.52. The number of hydrogen-bond acceptors (Lipinski definition) is 4. The molecule has 17 heavy (non-hydrogen) atoms. The standard InChI is InChI=1S/C8H10BrF2NO3S2/c1-4-6(2-7(9)16-4)17(14,15)12-3-5(13)8(10)11/h2,5,8,12-13H,3H2,1H3. The van der Waals surface area contributed by atoms with Crippen molar-refractivity contribution in [1.82, 2.24) is 4.72 Å². The fourth-order valence-electron chi connectivity index (χ4n) is 1.06. The van der Waals surface area contributed by atoms with Gasteiger partial charge in [0, 0.05) is 11.4 Å². The first-order valence-electron chi connectivity index (χ1n) is 4.46. The molecule has 1 aromatic rings. The average Bonchev–Trinajstić information content (AvgIpc) is 2.55. The van der Waals surface area contributed by atoms with Crippen LogP contribution in [0.3, 0.4) is 0 Å². The minimum atomic E-state index is -3.86. The van der Waals surface area contributed by atoms with Crippen molar-refractivity contribution in [2.75, 3.05) is 6.54 Å². The second-order valence-corrected chi connectivity index (χ2v) is 7.60. The van der Waals surface area contributed by atoms with E-state index in [1.807, 2.05) is 4.72 Å². The zero-order valence-electron chi connectivity index (χ0n) is 8.65. The van der Waals surface area contributed by atoms with E-state index in [1.54, 1.807) is 6.92 Å². The molecule has 4 nitrogen and oxygen atoms in total. The highest BCUT2D eigenvalue weighted by Gasteiger charge is 2.23. The van der Waals surface area contributed by atoms with Gasteiger partial charge in [-0.3, -0.25) is 0 Å². The van der Waals surface area contributed by atoms with E-state index in [1.165, 1.54) is 17.4 Å². The summed E-state index contributed by atoms with van der Waals surface area (Å²) >= 11 is 4.36. The summed E-state index contributed by atoms with van der Waals surface area (Å²) in [5.41, 5.74) is 0. The first kappa shape index (κ1) is 15.0. The Morgan fingerprint density at radius 2 is 2.18 bits per heavy atom. The van der Waals surface area contributed by atoms with Gasteiger partial charge in [-0.05, 0) is 28.9 Å². The molecule has 0 saturated carbocycles. The second-order valence-electron chi connectivity index (χ2n) is 3.22. The smallest absolute Gasteiger partial charge is 0.265 e. The van der Waals surface area contributed by atoms with Crippen LogP contribution in [0, 0.1) is 6.92 Å². The summed E-state index contributed by atoms with van der Waals surface area (Å²) in [4.78, 5) is 0.562. The molecule has 0 aliphatic heterocycles. The molecule has 1 atom stereocenters. The number of aliphatic hydroxyl groups excluding tert-OH is 1. The number of nitrogens with one attached hydrogen (secondary N) is 1. The normalized spacial score (nSPS) is 14.2. The molecular weight excluding hydrogens is 340 g/mol. The summed E-state index contributed by atoms with van der Waals surface area (Å²) in [6.07, 6.45) is -4.99. The van der Waals surface area contributed by atoms with E-state index in [-0.39, 0.29) is 4.90 Å².